The SMILES string of the molecule is CCOC(=O)/C(N=Nc1cccc(C(F)(F)F)c1)=C(/O)C(F)(F)F. The third-order valence-corrected chi connectivity index (χ3v) is 2.40. The molecular formula is C13H10F6N2O3. The maximum absolute atomic E-state index is 12.5. The summed E-state index contributed by atoms with van der Waals surface area (Å²) in [6, 6.07) is 3.20. The molecule has 0 saturated carbocycles. The van der Waals surface area contributed by atoms with Gasteiger partial charge in [0.25, 0.3) is 0 Å². The lowest BCUT2D eigenvalue weighted by Gasteiger charge is -2.08. The number of hydrogen-bond donors (Lipinski definition) is 1. The number of alkyl halides is 6. The molecule has 0 heterocycles. The van der Waals surface area contributed by atoms with Gasteiger partial charge in [0.05, 0.1) is 17.9 Å². The fourth-order valence-electron chi connectivity index (χ4n) is 1.37. The topological polar surface area (TPSA) is 71.2 Å². The molecule has 0 bridgehead atoms. The molecule has 0 amide bonds. The molecule has 1 aromatic carbocycles. The van der Waals surface area contributed by atoms with Crippen molar-refractivity contribution in [3.63, 3.8) is 0 Å². The minimum Gasteiger partial charge on any atom is -0.502 e. The fourth-order valence-corrected chi connectivity index (χ4v) is 1.37. The average Bonchev–Trinajstić information content (AvgIpc) is 2.46. The molecule has 0 aliphatic rings. The molecule has 1 N–H and O–H groups in total. The number of esters is 1. The van der Waals surface area contributed by atoms with Gasteiger partial charge < -0.3 is 9.84 Å². The van der Waals surface area contributed by atoms with Gasteiger partial charge in [-0.15, -0.1) is 5.11 Å². The van der Waals surface area contributed by atoms with Gasteiger partial charge in [0.15, 0.2) is 0 Å². The summed E-state index contributed by atoms with van der Waals surface area (Å²) in [5.74, 6) is -3.99. The number of allylic oxidation sites excluding steroid dienone is 1. The highest BCUT2D eigenvalue weighted by Crippen LogP contribution is 2.32. The van der Waals surface area contributed by atoms with E-state index in [0.29, 0.717) is 12.1 Å². The predicted octanol–water partition coefficient (Wildman–Crippen LogP) is 4.68. The molecule has 24 heavy (non-hydrogen) atoms. The Morgan fingerprint density at radius 1 is 1.21 bits per heavy atom. The van der Waals surface area contributed by atoms with Crippen LogP contribution >= 0.6 is 0 Å². The molecule has 0 spiro atoms. The number of carbonyl (C=O) groups excluding carboxylic acids is 1. The Kier molecular flexibility index (Phi) is 5.93. The van der Waals surface area contributed by atoms with Crippen molar-refractivity contribution in [1.29, 1.82) is 0 Å². The second-order valence-corrected chi connectivity index (χ2v) is 4.16. The van der Waals surface area contributed by atoms with Crippen LogP contribution in [-0.4, -0.2) is 23.9 Å². The summed E-state index contributed by atoms with van der Waals surface area (Å²) >= 11 is 0. The van der Waals surface area contributed by atoms with E-state index in [1.807, 2.05) is 0 Å². The van der Waals surface area contributed by atoms with Crippen LogP contribution in [0.15, 0.2) is 46.0 Å². The number of rotatable bonds is 4. The van der Waals surface area contributed by atoms with Crippen LogP contribution in [0.4, 0.5) is 32.0 Å². The average molecular weight is 356 g/mol. The second-order valence-electron chi connectivity index (χ2n) is 4.16. The van der Waals surface area contributed by atoms with E-state index in [9.17, 15) is 31.1 Å². The lowest BCUT2D eigenvalue weighted by Crippen LogP contribution is -2.18. The summed E-state index contributed by atoms with van der Waals surface area (Å²) in [6.07, 6.45) is -10.0. The number of hydrogen-bond acceptors (Lipinski definition) is 5. The summed E-state index contributed by atoms with van der Waals surface area (Å²) in [5.41, 5.74) is -3.15. The van der Waals surface area contributed by atoms with Gasteiger partial charge in [-0.2, -0.15) is 31.5 Å². The zero-order valence-corrected chi connectivity index (χ0v) is 11.9. The summed E-state index contributed by atoms with van der Waals surface area (Å²) in [6.45, 7) is 0.983. The maximum atomic E-state index is 12.5. The molecule has 0 aliphatic heterocycles. The highest BCUT2D eigenvalue weighted by Gasteiger charge is 2.39. The van der Waals surface area contributed by atoms with Crippen LogP contribution in [0.3, 0.4) is 0 Å². The van der Waals surface area contributed by atoms with Crippen molar-refractivity contribution >= 4 is 11.7 Å². The Labute approximate surface area is 131 Å². The Morgan fingerprint density at radius 2 is 1.83 bits per heavy atom. The minimum absolute atomic E-state index is 0.313. The number of halogens is 6. The van der Waals surface area contributed by atoms with Crippen molar-refractivity contribution < 1.29 is 41.0 Å². The first-order chi connectivity index (χ1) is 11.0. The molecule has 0 aromatic heterocycles. The van der Waals surface area contributed by atoms with Crippen LogP contribution in [0.5, 0.6) is 0 Å². The Morgan fingerprint density at radius 3 is 2.33 bits per heavy atom. The molecule has 0 aliphatic carbocycles. The van der Waals surface area contributed by atoms with Crippen LogP contribution in [0.25, 0.3) is 0 Å². The monoisotopic (exact) mass is 356 g/mol. The highest BCUT2D eigenvalue weighted by atomic mass is 19.4. The lowest BCUT2D eigenvalue weighted by molar-refractivity contribution is -0.143. The number of carbonyl (C=O) groups is 1. The van der Waals surface area contributed by atoms with E-state index in [0.717, 1.165) is 12.1 Å². The summed E-state index contributed by atoms with van der Waals surface area (Å²) < 4.78 is 79.3. The Hall–Kier alpha value is -2.59. The van der Waals surface area contributed by atoms with Gasteiger partial charge in [0.2, 0.25) is 11.5 Å². The highest BCUT2D eigenvalue weighted by molar-refractivity contribution is 5.88. The normalized spacial score (nSPS) is 13.8. The number of nitrogens with zero attached hydrogens (tertiary/aromatic N) is 2. The van der Waals surface area contributed by atoms with Crippen LogP contribution < -0.4 is 0 Å². The first-order valence-corrected chi connectivity index (χ1v) is 6.23. The van der Waals surface area contributed by atoms with E-state index >= 15 is 0 Å². The standard InChI is InChI=1S/C13H10F6N2O3/c1-2-24-11(23)9(10(22)13(17,18)19)21-20-8-5-3-4-7(6-8)12(14,15)16/h3-6,22H,2H2,1H3/b10-9-,21-20?. The van der Waals surface area contributed by atoms with Crippen molar-refractivity contribution in [2.24, 2.45) is 10.2 Å². The second kappa shape index (κ2) is 7.32. The zero-order valence-electron chi connectivity index (χ0n) is 11.9. The van der Waals surface area contributed by atoms with Crippen molar-refractivity contribution in [2.75, 3.05) is 6.61 Å². The summed E-state index contributed by atoms with van der Waals surface area (Å²) in [7, 11) is 0. The van der Waals surface area contributed by atoms with Crippen LogP contribution in [0.2, 0.25) is 0 Å². The van der Waals surface area contributed by atoms with Crippen molar-refractivity contribution in [3.05, 3.63) is 41.3 Å². The molecule has 1 aromatic rings. The first kappa shape index (κ1) is 19.5. The van der Waals surface area contributed by atoms with Gasteiger partial charge in [0, 0.05) is 0 Å². The Bertz CT molecular complexity index is 664. The molecule has 5 nitrogen and oxygen atoms in total. The van der Waals surface area contributed by atoms with Crippen molar-refractivity contribution in [1.82, 2.24) is 0 Å². The third kappa shape index (κ3) is 5.25. The molecule has 0 radical (unpaired) electrons. The fraction of sp³-hybridized carbons (Fsp3) is 0.308. The van der Waals surface area contributed by atoms with E-state index in [4.69, 9.17) is 5.11 Å². The summed E-state index contributed by atoms with van der Waals surface area (Å²) in [4.78, 5) is 11.4. The molecular weight excluding hydrogens is 346 g/mol. The van der Waals surface area contributed by atoms with Gasteiger partial charge in [-0.3, -0.25) is 0 Å². The largest absolute Gasteiger partial charge is 0.502 e. The third-order valence-electron chi connectivity index (χ3n) is 2.40. The number of aliphatic hydroxyl groups is 1. The maximum Gasteiger partial charge on any atom is 0.451 e. The molecule has 0 fully saturated rings. The minimum atomic E-state index is -5.31. The first-order valence-electron chi connectivity index (χ1n) is 6.23. The molecule has 11 heteroatoms. The van der Waals surface area contributed by atoms with Gasteiger partial charge in [-0.1, -0.05) is 6.07 Å². The number of aliphatic hydroxyl groups excluding tert-OH is 1. The van der Waals surface area contributed by atoms with Crippen molar-refractivity contribution in [2.45, 2.75) is 19.3 Å². The van der Waals surface area contributed by atoms with Gasteiger partial charge in [-0.05, 0) is 25.1 Å². The molecule has 0 atom stereocenters. The Balaban J connectivity index is 3.25. The van der Waals surface area contributed by atoms with E-state index < -0.39 is 41.0 Å². The number of ether oxygens (including phenoxy) is 1. The van der Waals surface area contributed by atoms with Gasteiger partial charge >= 0.3 is 18.3 Å². The van der Waals surface area contributed by atoms with E-state index in [1.54, 1.807) is 0 Å². The van der Waals surface area contributed by atoms with E-state index in [1.165, 1.54) is 6.92 Å². The molecule has 0 unspecified atom stereocenters. The van der Waals surface area contributed by atoms with Crippen LogP contribution in [0.1, 0.15) is 12.5 Å². The smallest absolute Gasteiger partial charge is 0.451 e. The van der Waals surface area contributed by atoms with Crippen LogP contribution in [0, 0.1) is 0 Å². The van der Waals surface area contributed by atoms with E-state index in [2.05, 4.69) is 15.0 Å². The number of benzene rings is 1. The van der Waals surface area contributed by atoms with E-state index in [-0.39, 0.29) is 6.61 Å². The van der Waals surface area contributed by atoms with Gasteiger partial charge in [0.1, 0.15) is 0 Å². The molecule has 0 saturated heterocycles. The van der Waals surface area contributed by atoms with Gasteiger partial charge in [-0.25, -0.2) is 4.79 Å². The molecule has 132 valence electrons. The number of azo groups is 1. The van der Waals surface area contributed by atoms with Crippen LogP contribution in [-0.2, 0) is 15.7 Å². The zero-order chi connectivity index (χ0) is 18.5. The quantitative estimate of drug-likeness (QED) is 0.280. The predicted molar refractivity (Wildman–Crippen MR) is 68.3 cm³/mol. The van der Waals surface area contributed by atoms with Crippen molar-refractivity contribution in [3.8, 4) is 0 Å². The molecule has 1 rings (SSSR count). The summed E-state index contributed by atoms with van der Waals surface area (Å²) in [5, 5.41) is 15.0. The lowest BCUT2D eigenvalue weighted by atomic mass is 10.2.